The van der Waals surface area contributed by atoms with Crippen molar-refractivity contribution in [3.8, 4) is 11.5 Å². The third-order valence-corrected chi connectivity index (χ3v) is 5.27. The Morgan fingerprint density at radius 2 is 1.76 bits per heavy atom. The van der Waals surface area contributed by atoms with E-state index in [1.807, 2.05) is 12.1 Å². The van der Waals surface area contributed by atoms with Gasteiger partial charge in [0.25, 0.3) is 0 Å². The standard InChI is InChI=1S/C22H28FNO/c1-17-11-14-24(15-12-17)16-13-18(2)19-7-9-20(10-8-19)25-22-6-4-3-5-21(22)23/h3-10,17-18H,11-16H2,1-2H3. The second-order valence-electron chi connectivity index (χ2n) is 7.32. The largest absolute Gasteiger partial charge is 0.454 e. The van der Waals surface area contributed by atoms with E-state index in [1.54, 1.807) is 18.2 Å². The van der Waals surface area contributed by atoms with Crippen molar-refractivity contribution in [1.29, 1.82) is 0 Å². The number of hydrogen-bond donors (Lipinski definition) is 0. The van der Waals surface area contributed by atoms with E-state index < -0.39 is 0 Å². The molecule has 0 saturated carbocycles. The molecule has 3 heteroatoms. The Kier molecular flexibility index (Phi) is 6.09. The number of benzene rings is 2. The van der Waals surface area contributed by atoms with Gasteiger partial charge < -0.3 is 9.64 Å². The summed E-state index contributed by atoms with van der Waals surface area (Å²) in [4.78, 5) is 2.59. The number of likely N-dealkylation sites (tertiary alicyclic amines) is 1. The zero-order valence-electron chi connectivity index (χ0n) is 15.2. The van der Waals surface area contributed by atoms with Crippen LogP contribution < -0.4 is 4.74 Å². The molecular formula is C22H28FNO. The Morgan fingerprint density at radius 1 is 1.08 bits per heavy atom. The highest BCUT2D eigenvalue weighted by molar-refractivity contribution is 5.34. The Bertz CT molecular complexity index is 662. The Balaban J connectivity index is 1.52. The molecule has 2 nitrogen and oxygen atoms in total. The van der Waals surface area contributed by atoms with Crippen molar-refractivity contribution in [3.05, 3.63) is 59.9 Å². The van der Waals surface area contributed by atoms with Gasteiger partial charge in [-0.1, -0.05) is 38.1 Å². The molecule has 1 saturated heterocycles. The fourth-order valence-corrected chi connectivity index (χ4v) is 3.35. The van der Waals surface area contributed by atoms with E-state index in [9.17, 15) is 4.39 Å². The average molecular weight is 341 g/mol. The quantitative estimate of drug-likeness (QED) is 0.654. The maximum absolute atomic E-state index is 13.7. The monoisotopic (exact) mass is 341 g/mol. The first-order valence-electron chi connectivity index (χ1n) is 9.36. The lowest BCUT2D eigenvalue weighted by atomic mass is 9.95. The maximum atomic E-state index is 13.7. The lowest BCUT2D eigenvalue weighted by Gasteiger charge is -2.31. The molecule has 0 N–H and O–H groups in total. The van der Waals surface area contributed by atoms with Gasteiger partial charge in [0.2, 0.25) is 0 Å². The number of piperidine rings is 1. The third kappa shape index (κ3) is 5.05. The van der Waals surface area contributed by atoms with Crippen LogP contribution in [0.3, 0.4) is 0 Å². The first-order chi connectivity index (χ1) is 12.1. The van der Waals surface area contributed by atoms with Gasteiger partial charge in [-0.2, -0.15) is 0 Å². The summed E-state index contributed by atoms with van der Waals surface area (Å²) in [7, 11) is 0. The van der Waals surface area contributed by atoms with Crippen LogP contribution in [0.5, 0.6) is 11.5 Å². The highest BCUT2D eigenvalue weighted by atomic mass is 19.1. The molecule has 0 bridgehead atoms. The van der Waals surface area contributed by atoms with Crippen molar-refractivity contribution in [1.82, 2.24) is 4.90 Å². The number of nitrogens with zero attached hydrogens (tertiary/aromatic N) is 1. The van der Waals surface area contributed by atoms with Gasteiger partial charge in [0, 0.05) is 0 Å². The van der Waals surface area contributed by atoms with E-state index in [4.69, 9.17) is 4.74 Å². The summed E-state index contributed by atoms with van der Waals surface area (Å²) in [5, 5.41) is 0. The molecule has 3 rings (SSSR count). The van der Waals surface area contributed by atoms with Gasteiger partial charge in [0.05, 0.1) is 0 Å². The fourth-order valence-electron chi connectivity index (χ4n) is 3.35. The molecule has 1 heterocycles. The average Bonchev–Trinajstić information content (AvgIpc) is 2.63. The second-order valence-corrected chi connectivity index (χ2v) is 7.32. The van der Waals surface area contributed by atoms with Gasteiger partial charge in [-0.15, -0.1) is 0 Å². The van der Waals surface area contributed by atoms with E-state index in [0.717, 1.165) is 5.92 Å². The minimum absolute atomic E-state index is 0.266. The molecule has 0 aliphatic carbocycles. The summed E-state index contributed by atoms with van der Waals surface area (Å²) in [6, 6.07) is 14.5. The van der Waals surface area contributed by atoms with Gasteiger partial charge >= 0.3 is 0 Å². The first-order valence-corrected chi connectivity index (χ1v) is 9.36. The van der Waals surface area contributed by atoms with Crippen molar-refractivity contribution < 1.29 is 9.13 Å². The molecule has 0 aromatic heterocycles. The maximum Gasteiger partial charge on any atom is 0.165 e. The molecule has 0 radical (unpaired) electrons. The molecule has 0 spiro atoms. The molecule has 2 aromatic rings. The molecule has 0 amide bonds. The van der Waals surface area contributed by atoms with Crippen LogP contribution in [0, 0.1) is 11.7 Å². The normalized spacial score (nSPS) is 17.4. The van der Waals surface area contributed by atoms with E-state index >= 15 is 0 Å². The van der Waals surface area contributed by atoms with Crippen LogP contribution in [0.25, 0.3) is 0 Å². The molecular weight excluding hydrogens is 313 g/mol. The van der Waals surface area contributed by atoms with Crippen molar-refractivity contribution in [3.63, 3.8) is 0 Å². The topological polar surface area (TPSA) is 12.5 Å². The van der Waals surface area contributed by atoms with Crippen LogP contribution in [0.2, 0.25) is 0 Å². The summed E-state index contributed by atoms with van der Waals surface area (Å²) in [5.41, 5.74) is 1.31. The highest BCUT2D eigenvalue weighted by Crippen LogP contribution is 2.27. The number of para-hydroxylation sites is 1. The Labute approximate surface area is 150 Å². The Hall–Kier alpha value is -1.87. The van der Waals surface area contributed by atoms with Crippen LogP contribution in [-0.2, 0) is 0 Å². The van der Waals surface area contributed by atoms with Gasteiger partial charge in [-0.25, -0.2) is 4.39 Å². The van der Waals surface area contributed by atoms with Gasteiger partial charge in [-0.05, 0) is 80.6 Å². The molecule has 1 atom stereocenters. The third-order valence-electron chi connectivity index (χ3n) is 5.27. The summed E-state index contributed by atoms with van der Waals surface area (Å²) in [6.07, 6.45) is 3.83. The minimum Gasteiger partial charge on any atom is -0.454 e. The Morgan fingerprint density at radius 3 is 2.44 bits per heavy atom. The number of hydrogen-bond acceptors (Lipinski definition) is 2. The SMILES string of the molecule is CC1CCN(CCC(C)c2ccc(Oc3ccccc3F)cc2)CC1. The number of ether oxygens (including phenoxy) is 1. The lowest BCUT2D eigenvalue weighted by molar-refractivity contribution is 0.187. The molecule has 1 fully saturated rings. The van der Waals surface area contributed by atoms with Gasteiger partial charge in [0.15, 0.2) is 11.6 Å². The smallest absolute Gasteiger partial charge is 0.165 e. The predicted molar refractivity (Wildman–Crippen MR) is 101 cm³/mol. The second kappa shape index (κ2) is 8.48. The van der Waals surface area contributed by atoms with E-state index in [1.165, 1.54) is 50.5 Å². The first kappa shape index (κ1) is 17.9. The zero-order chi connectivity index (χ0) is 17.6. The van der Waals surface area contributed by atoms with Crippen LogP contribution in [0.1, 0.15) is 44.6 Å². The molecule has 134 valence electrons. The van der Waals surface area contributed by atoms with Crippen LogP contribution in [0.15, 0.2) is 48.5 Å². The van der Waals surface area contributed by atoms with Crippen molar-refractivity contribution in [2.75, 3.05) is 19.6 Å². The molecule has 1 aliphatic heterocycles. The molecule has 1 unspecified atom stereocenters. The van der Waals surface area contributed by atoms with Gasteiger partial charge in [-0.3, -0.25) is 0 Å². The van der Waals surface area contributed by atoms with Crippen molar-refractivity contribution in [2.45, 2.75) is 39.0 Å². The van der Waals surface area contributed by atoms with Crippen LogP contribution in [-0.4, -0.2) is 24.5 Å². The fraction of sp³-hybridized carbons (Fsp3) is 0.455. The van der Waals surface area contributed by atoms with E-state index in [2.05, 4.69) is 30.9 Å². The van der Waals surface area contributed by atoms with Crippen LogP contribution >= 0.6 is 0 Å². The summed E-state index contributed by atoms with van der Waals surface area (Å²) < 4.78 is 19.3. The number of rotatable bonds is 6. The van der Waals surface area contributed by atoms with E-state index in [-0.39, 0.29) is 11.6 Å². The van der Waals surface area contributed by atoms with E-state index in [0.29, 0.717) is 11.7 Å². The summed E-state index contributed by atoms with van der Waals surface area (Å²) in [5.74, 6) is 2.00. The van der Waals surface area contributed by atoms with Crippen molar-refractivity contribution >= 4 is 0 Å². The zero-order valence-corrected chi connectivity index (χ0v) is 15.2. The molecule has 1 aliphatic rings. The van der Waals surface area contributed by atoms with Gasteiger partial charge in [0.1, 0.15) is 5.75 Å². The summed E-state index contributed by atoms with van der Waals surface area (Å²) >= 11 is 0. The van der Waals surface area contributed by atoms with Crippen LogP contribution in [0.4, 0.5) is 4.39 Å². The number of halogens is 1. The highest BCUT2D eigenvalue weighted by Gasteiger charge is 2.16. The molecule has 2 aromatic carbocycles. The molecule has 25 heavy (non-hydrogen) atoms. The summed E-state index contributed by atoms with van der Waals surface area (Å²) in [6.45, 7) is 8.28. The lowest BCUT2D eigenvalue weighted by Crippen LogP contribution is -2.34. The minimum atomic E-state index is -0.337. The van der Waals surface area contributed by atoms with Crippen molar-refractivity contribution in [2.24, 2.45) is 5.92 Å². The predicted octanol–water partition coefficient (Wildman–Crippen LogP) is 5.84.